The third-order valence-corrected chi connectivity index (χ3v) is 6.15. The maximum atomic E-state index is 11.8. The number of amides is 1. The molecule has 0 unspecified atom stereocenters. The van der Waals surface area contributed by atoms with Gasteiger partial charge in [-0.05, 0) is 81.5 Å². The van der Waals surface area contributed by atoms with E-state index in [0.29, 0.717) is 5.75 Å². The Bertz CT molecular complexity index is 1080. The van der Waals surface area contributed by atoms with Gasteiger partial charge < -0.3 is 14.2 Å². The number of nitrogens with one attached hydrogen (secondary N) is 2. The second-order valence-electron chi connectivity index (χ2n) is 12.9. The zero-order chi connectivity index (χ0) is 29.8. The lowest BCUT2D eigenvalue weighted by molar-refractivity contribution is -0.128. The molecule has 9 heteroatoms. The Morgan fingerprint density at radius 3 is 2.00 bits per heavy atom. The van der Waals surface area contributed by atoms with E-state index in [4.69, 9.17) is 13.2 Å². The second kappa shape index (κ2) is 15.4. The Morgan fingerprint density at radius 2 is 1.40 bits per heavy atom. The summed E-state index contributed by atoms with van der Waals surface area (Å²) in [6.07, 6.45) is 4.09. The van der Waals surface area contributed by atoms with Gasteiger partial charge >= 0.3 is 0 Å². The molecule has 0 aromatic heterocycles. The van der Waals surface area contributed by atoms with Gasteiger partial charge in [0, 0.05) is 24.1 Å². The van der Waals surface area contributed by atoms with Gasteiger partial charge in [0.25, 0.3) is 0 Å². The number of azo groups is 1. The second-order valence-corrected chi connectivity index (χ2v) is 13.4. The molecule has 8 nitrogen and oxygen atoms in total. The first kappa shape index (κ1) is 33.6. The van der Waals surface area contributed by atoms with Gasteiger partial charge in [-0.1, -0.05) is 54.4 Å². The number of unbranched alkanes of at least 4 members (excludes halogenated alkanes) is 3. The molecule has 222 valence electrons. The monoisotopic (exact) mass is 572 g/mol. The number of hydrogen-bond donors (Lipinski definition) is 2. The lowest BCUT2D eigenvalue weighted by Gasteiger charge is -2.28. The molecular formula is C31H48N4O4S. The van der Waals surface area contributed by atoms with Crippen molar-refractivity contribution in [2.75, 3.05) is 13.1 Å². The molecule has 2 aromatic carbocycles. The number of nitrogens with zero attached hydrogens (tertiary/aromatic N) is 2. The fraction of sp³-hybridized carbons (Fsp3) is 0.581. The molecule has 0 aliphatic carbocycles. The minimum absolute atomic E-state index is 0.0914. The molecule has 0 radical (unpaired) electrons. The van der Waals surface area contributed by atoms with Gasteiger partial charge in [0.05, 0.1) is 11.4 Å². The van der Waals surface area contributed by atoms with Gasteiger partial charge in [0.15, 0.2) is 0 Å². The fourth-order valence-electron chi connectivity index (χ4n) is 3.53. The van der Waals surface area contributed by atoms with Gasteiger partial charge in [-0.15, -0.1) is 0 Å². The van der Waals surface area contributed by atoms with Crippen LogP contribution in [0.3, 0.4) is 0 Å². The van der Waals surface area contributed by atoms with Crippen molar-refractivity contribution < 1.29 is 18.0 Å². The van der Waals surface area contributed by atoms with E-state index in [9.17, 15) is 4.79 Å². The summed E-state index contributed by atoms with van der Waals surface area (Å²) in [6.45, 7) is 19.8. The smallest absolute Gasteiger partial charge is 0.244 e. The van der Waals surface area contributed by atoms with Crippen molar-refractivity contribution in [1.29, 1.82) is 0 Å². The number of hydrogen-bond acceptors (Lipinski definition) is 8. The molecule has 40 heavy (non-hydrogen) atoms. The fourth-order valence-corrected chi connectivity index (χ4v) is 3.89. The molecule has 0 aliphatic heterocycles. The lowest BCUT2D eigenvalue weighted by atomic mass is 9.86. The van der Waals surface area contributed by atoms with Crippen LogP contribution in [0.5, 0.6) is 11.5 Å². The van der Waals surface area contributed by atoms with Crippen LogP contribution in [-0.2, 0) is 14.5 Å². The highest BCUT2D eigenvalue weighted by molar-refractivity contribution is 7.90. The highest BCUT2D eigenvalue weighted by Crippen LogP contribution is 2.36. The molecule has 2 aromatic rings. The van der Waals surface area contributed by atoms with E-state index in [1.165, 1.54) is 0 Å². The molecule has 0 bridgehead atoms. The van der Waals surface area contributed by atoms with E-state index < -0.39 is 0 Å². The number of benzene rings is 2. The summed E-state index contributed by atoms with van der Waals surface area (Å²) < 4.78 is 17.0. The summed E-state index contributed by atoms with van der Waals surface area (Å²) in [5.41, 5.74) is 4.78. The number of rotatable bonds is 14. The largest absolute Gasteiger partial charge is 0.488 e. The quantitative estimate of drug-likeness (QED) is 0.102. The van der Waals surface area contributed by atoms with E-state index in [-0.39, 0.29) is 22.3 Å². The van der Waals surface area contributed by atoms with Gasteiger partial charge in [-0.25, -0.2) is 0 Å². The number of carbonyl (C=O) groups excluding carboxylic acids is 1. The minimum Gasteiger partial charge on any atom is -0.488 e. The average Bonchev–Trinajstić information content (AvgIpc) is 2.85. The molecule has 1 amide bonds. The van der Waals surface area contributed by atoms with Crippen LogP contribution in [-0.4, -0.2) is 24.6 Å². The molecule has 2 rings (SSSR count). The molecule has 0 atom stereocenters. The van der Waals surface area contributed by atoms with E-state index in [1.807, 2.05) is 84.0 Å². The first-order valence-corrected chi connectivity index (χ1v) is 14.7. The van der Waals surface area contributed by atoms with Gasteiger partial charge in [0.2, 0.25) is 18.2 Å². The van der Waals surface area contributed by atoms with Crippen molar-refractivity contribution in [3.8, 4) is 11.5 Å². The summed E-state index contributed by atoms with van der Waals surface area (Å²) in [6, 6.07) is 13.3. The Balaban J connectivity index is 1.69. The molecule has 0 saturated carbocycles. The van der Waals surface area contributed by atoms with Crippen molar-refractivity contribution in [2.24, 2.45) is 15.6 Å². The summed E-state index contributed by atoms with van der Waals surface area (Å²) >= 11 is 0.884. The van der Waals surface area contributed by atoms with Gasteiger partial charge in [-0.3, -0.25) is 4.79 Å². The molecule has 0 aliphatic rings. The normalized spacial score (nSPS) is 12.5. The third-order valence-electron chi connectivity index (χ3n) is 5.70. The van der Waals surface area contributed by atoms with Crippen LogP contribution >= 0.6 is 12.3 Å². The number of hydroxylamine groups is 1. The van der Waals surface area contributed by atoms with Crippen molar-refractivity contribution >= 4 is 29.6 Å². The predicted molar refractivity (Wildman–Crippen MR) is 164 cm³/mol. The SMILES string of the molecule is CC(C)(C)Oc1ccc(N=Nc2ccc(OSONCCCCCCNC(=O)C(C)(C)C)cc2)cc1C(C)(C)C. The summed E-state index contributed by atoms with van der Waals surface area (Å²) in [5, 5.41) is 11.8. The predicted octanol–water partition coefficient (Wildman–Crippen LogP) is 8.76. The van der Waals surface area contributed by atoms with Gasteiger partial charge in [-0.2, -0.15) is 20.0 Å². The van der Waals surface area contributed by atoms with Crippen LogP contribution in [0.4, 0.5) is 11.4 Å². The van der Waals surface area contributed by atoms with E-state index in [0.717, 1.165) is 73.8 Å². The highest BCUT2D eigenvalue weighted by atomic mass is 32.2. The summed E-state index contributed by atoms with van der Waals surface area (Å²) in [4.78, 5) is 11.8. The molecule has 2 N–H and O–H groups in total. The van der Waals surface area contributed by atoms with Crippen LogP contribution in [0, 0.1) is 5.41 Å². The van der Waals surface area contributed by atoms with E-state index >= 15 is 0 Å². The maximum Gasteiger partial charge on any atom is 0.244 e. The van der Waals surface area contributed by atoms with Crippen molar-refractivity contribution in [1.82, 2.24) is 10.8 Å². The van der Waals surface area contributed by atoms with Crippen molar-refractivity contribution in [2.45, 2.75) is 99.0 Å². The number of ether oxygens (including phenoxy) is 1. The third kappa shape index (κ3) is 13.2. The first-order chi connectivity index (χ1) is 18.6. The Kier molecular flexibility index (Phi) is 12.9. The van der Waals surface area contributed by atoms with Crippen LogP contribution < -0.4 is 19.7 Å². The van der Waals surface area contributed by atoms with Crippen LogP contribution in [0.2, 0.25) is 0 Å². The van der Waals surface area contributed by atoms with Crippen LogP contribution in [0.25, 0.3) is 0 Å². The molecule has 0 saturated heterocycles. The first-order valence-electron chi connectivity index (χ1n) is 14.0. The van der Waals surface area contributed by atoms with E-state index in [1.54, 1.807) is 0 Å². The molecule has 0 spiro atoms. The zero-order valence-electron chi connectivity index (χ0n) is 25.7. The topological polar surface area (TPSA) is 93.5 Å². The minimum atomic E-state index is -0.333. The van der Waals surface area contributed by atoms with Crippen molar-refractivity contribution in [3.63, 3.8) is 0 Å². The molecular weight excluding hydrogens is 524 g/mol. The standard InChI is InChI=1S/C31H48N4O4S/c1-29(2,3)26-22-24(16-19-27(26)37-31(7,8)9)35-34-23-14-17-25(18-15-23)38-40-39-33-21-13-11-10-12-20-32-28(36)30(4,5)6/h14-19,22,33H,10-13,20-21H2,1-9H3,(H,32,36). The Hall–Kier alpha value is -2.62. The van der Waals surface area contributed by atoms with Crippen LogP contribution in [0.1, 0.15) is 93.6 Å². The lowest BCUT2D eigenvalue weighted by Crippen LogP contribution is -2.35. The van der Waals surface area contributed by atoms with E-state index in [2.05, 4.69) is 41.8 Å². The molecule has 0 heterocycles. The maximum absolute atomic E-state index is 11.8. The van der Waals surface area contributed by atoms with Crippen LogP contribution in [0.15, 0.2) is 52.7 Å². The highest BCUT2D eigenvalue weighted by Gasteiger charge is 2.23. The van der Waals surface area contributed by atoms with Gasteiger partial charge in [0.1, 0.15) is 17.1 Å². The Labute approximate surface area is 245 Å². The summed E-state index contributed by atoms with van der Waals surface area (Å²) in [5.74, 6) is 1.62. The van der Waals surface area contributed by atoms with Crippen molar-refractivity contribution in [3.05, 3.63) is 48.0 Å². The number of carbonyl (C=O) groups is 1. The Morgan fingerprint density at radius 1 is 0.800 bits per heavy atom. The molecule has 0 fully saturated rings. The zero-order valence-corrected chi connectivity index (χ0v) is 26.5. The summed E-state index contributed by atoms with van der Waals surface area (Å²) in [7, 11) is 0. The average molecular weight is 573 g/mol.